The van der Waals surface area contributed by atoms with Gasteiger partial charge in [-0.1, -0.05) is 23.8 Å². The van der Waals surface area contributed by atoms with Gasteiger partial charge in [-0.05, 0) is 57.6 Å². The van der Waals surface area contributed by atoms with Gasteiger partial charge in [-0.3, -0.25) is 4.79 Å². The van der Waals surface area contributed by atoms with Crippen LogP contribution in [0, 0.1) is 19.8 Å². The van der Waals surface area contributed by atoms with Crippen molar-refractivity contribution >= 4 is 12.0 Å². The SMILES string of the molecule is Cc1ccc(C(C)NC(=O)NC2CCC(C(=O)O)CC2)c(C)c1. The molecule has 2 rings (SSSR count). The van der Waals surface area contributed by atoms with Crippen molar-refractivity contribution < 1.29 is 14.7 Å². The maximum absolute atomic E-state index is 12.2. The molecule has 1 saturated carbocycles. The Hall–Kier alpha value is -2.04. The second-order valence-electron chi connectivity index (χ2n) is 6.59. The molecule has 1 atom stereocenters. The Kier molecular flexibility index (Phi) is 5.64. The number of carboxylic acids is 1. The van der Waals surface area contributed by atoms with E-state index in [-0.39, 0.29) is 24.0 Å². The number of aliphatic carboxylic acids is 1. The first-order valence-corrected chi connectivity index (χ1v) is 8.23. The van der Waals surface area contributed by atoms with Gasteiger partial charge in [0.15, 0.2) is 0 Å². The van der Waals surface area contributed by atoms with Crippen LogP contribution < -0.4 is 10.6 Å². The standard InChI is InChI=1S/C18H26N2O3/c1-11-4-9-16(12(2)10-11)13(3)19-18(23)20-15-7-5-14(6-8-15)17(21)22/h4,9-10,13-15H,5-8H2,1-3H3,(H,21,22)(H2,19,20,23). The quantitative estimate of drug-likeness (QED) is 0.797. The first-order valence-electron chi connectivity index (χ1n) is 8.23. The molecule has 1 fully saturated rings. The fourth-order valence-electron chi connectivity index (χ4n) is 3.30. The van der Waals surface area contributed by atoms with Gasteiger partial charge in [0.2, 0.25) is 0 Å². The largest absolute Gasteiger partial charge is 0.481 e. The van der Waals surface area contributed by atoms with E-state index in [0.29, 0.717) is 12.8 Å². The molecular weight excluding hydrogens is 292 g/mol. The number of nitrogens with one attached hydrogen (secondary N) is 2. The number of hydrogen-bond donors (Lipinski definition) is 3. The van der Waals surface area contributed by atoms with Crippen LogP contribution in [0.4, 0.5) is 4.79 Å². The number of aryl methyl sites for hydroxylation is 2. The van der Waals surface area contributed by atoms with Gasteiger partial charge in [0.1, 0.15) is 0 Å². The lowest BCUT2D eigenvalue weighted by Gasteiger charge is -2.27. The lowest BCUT2D eigenvalue weighted by molar-refractivity contribution is -0.142. The minimum Gasteiger partial charge on any atom is -0.481 e. The van der Waals surface area contributed by atoms with Crippen LogP contribution >= 0.6 is 0 Å². The van der Waals surface area contributed by atoms with Gasteiger partial charge in [-0.15, -0.1) is 0 Å². The van der Waals surface area contributed by atoms with E-state index >= 15 is 0 Å². The Bertz CT molecular complexity index is 578. The zero-order valence-electron chi connectivity index (χ0n) is 14.1. The van der Waals surface area contributed by atoms with Crippen molar-refractivity contribution in [2.24, 2.45) is 5.92 Å². The third-order valence-corrected chi connectivity index (χ3v) is 4.65. The summed E-state index contributed by atoms with van der Waals surface area (Å²) in [6.45, 7) is 6.07. The summed E-state index contributed by atoms with van der Waals surface area (Å²) in [4.78, 5) is 23.1. The van der Waals surface area contributed by atoms with Crippen LogP contribution in [-0.2, 0) is 4.79 Å². The van der Waals surface area contributed by atoms with Gasteiger partial charge in [-0.25, -0.2) is 4.79 Å². The van der Waals surface area contributed by atoms with Gasteiger partial charge in [0.05, 0.1) is 12.0 Å². The summed E-state index contributed by atoms with van der Waals surface area (Å²) in [5.41, 5.74) is 3.48. The fraction of sp³-hybridized carbons (Fsp3) is 0.556. The maximum Gasteiger partial charge on any atom is 0.315 e. The average molecular weight is 318 g/mol. The van der Waals surface area contributed by atoms with E-state index in [2.05, 4.69) is 23.6 Å². The van der Waals surface area contributed by atoms with E-state index < -0.39 is 5.97 Å². The van der Waals surface area contributed by atoms with Crippen molar-refractivity contribution in [2.45, 2.75) is 58.5 Å². The Labute approximate surface area is 137 Å². The number of carbonyl (C=O) groups is 2. The minimum atomic E-state index is -0.726. The molecule has 0 heterocycles. The first-order chi connectivity index (χ1) is 10.9. The topological polar surface area (TPSA) is 78.4 Å². The zero-order valence-corrected chi connectivity index (χ0v) is 14.1. The van der Waals surface area contributed by atoms with Crippen molar-refractivity contribution in [3.63, 3.8) is 0 Å². The number of rotatable bonds is 4. The molecule has 1 aliphatic rings. The molecule has 2 amide bonds. The fourth-order valence-corrected chi connectivity index (χ4v) is 3.30. The van der Waals surface area contributed by atoms with Gasteiger partial charge in [0.25, 0.3) is 0 Å². The maximum atomic E-state index is 12.2. The van der Waals surface area contributed by atoms with E-state index in [4.69, 9.17) is 5.11 Å². The number of hydrogen-bond acceptors (Lipinski definition) is 2. The molecule has 126 valence electrons. The van der Waals surface area contributed by atoms with Crippen molar-refractivity contribution in [1.29, 1.82) is 0 Å². The smallest absolute Gasteiger partial charge is 0.315 e. The lowest BCUT2D eigenvalue weighted by atomic mass is 9.86. The molecule has 5 nitrogen and oxygen atoms in total. The van der Waals surface area contributed by atoms with Crippen LogP contribution in [-0.4, -0.2) is 23.1 Å². The molecule has 1 unspecified atom stereocenters. The van der Waals surface area contributed by atoms with E-state index in [9.17, 15) is 9.59 Å². The van der Waals surface area contributed by atoms with E-state index in [1.54, 1.807) is 0 Å². The zero-order chi connectivity index (χ0) is 17.0. The summed E-state index contributed by atoms with van der Waals surface area (Å²) in [6, 6.07) is 6.02. The molecular formula is C18H26N2O3. The number of carbonyl (C=O) groups excluding carboxylic acids is 1. The van der Waals surface area contributed by atoms with Gasteiger partial charge >= 0.3 is 12.0 Å². The van der Waals surface area contributed by atoms with Crippen molar-refractivity contribution in [2.75, 3.05) is 0 Å². The number of urea groups is 1. The average Bonchev–Trinajstić information content (AvgIpc) is 2.47. The summed E-state index contributed by atoms with van der Waals surface area (Å²) in [6.07, 6.45) is 2.71. The molecule has 23 heavy (non-hydrogen) atoms. The Morgan fingerprint density at radius 2 is 1.83 bits per heavy atom. The number of carboxylic acid groups (broad SMARTS) is 1. The van der Waals surface area contributed by atoms with Gasteiger partial charge in [0, 0.05) is 6.04 Å². The molecule has 0 aromatic heterocycles. The molecule has 0 saturated heterocycles. The molecule has 0 radical (unpaired) electrons. The molecule has 1 aliphatic carbocycles. The third-order valence-electron chi connectivity index (χ3n) is 4.65. The highest BCUT2D eigenvalue weighted by Gasteiger charge is 2.26. The predicted octanol–water partition coefficient (Wildman–Crippen LogP) is 3.31. The molecule has 1 aromatic carbocycles. The normalized spacial score (nSPS) is 22.2. The second-order valence-corrected chi connectivity index (χ2v) is 6.59. The van der Waals surface area contributed by atoms with Crippen LogP contribution in [0.3, 0.4) is 0 Å². The minimum absolute atomic E-state index is 0.0639. The Balaban J connectivity index is 1.84. The lowest BCUT2D eigenvalue weighted by Crippen LogP contribution is -2.44. The molecule has 0 aliphatic heterocycles. The van der Waals surface area contributed by atoms with Gasteiger partial charge in [-0.2, -0.15) is 0 Å². The summed E-state index contributed by atoms with van der Waals surface area (Å²) in [5, 5.41) is 14.9. The molecule has 0 bridgehead atoms. The first kappa shape index (κ1) is 17.3. The van der Waals surface area contributed by atoms with Crippen LogP contribution in [0.25, 0.3) is 0 Å². The molecule has 1 aromatic rings. The predicted molar refractivity (Wildman–Crippen MR) is 89.4 cm³/mol. The number of amides is 2. The Morgan fingerprint density at radius 1 is 1.17 bits per heavy atom. The molecule has 3 N–H and O–H groups in total. The van der Waals surface area contributed by atoms with Crippen LogP contribution in [0.5, 0.6) is 0 Å². The van der Waals surface area contributed by atoms with Crippen LogP contribution in [0.2, 0.25) is 0 Å². The summed E-state index contributed by atoms with van der Waals surface area (Å²) >= 11 is 0. The van der Waals surface area contributed by atoms with Crippen LogP contribution in [0.15, 0.2) is 18.2 Å². The monoisotopic (exact) mass is 318 g/mol. The summed E-state index contributed by atoms with van der Waals surface area (Å²) in [7, 11) is 0. The van der Waals surface area contributed by atoms with Crippen LogP contribution in [0.1, 0.15) is 55.3 Å². The van der Waals surface area contributed by atoms with Crippen molar-refractivity contribution in [3.8, 4) is 0 Å². The second kappa shape index (κ2) is 7.49. The van der Waals surface area contributed by atoms with Gasteiger partial charge < -0.3 is 15.7 Å². The number of benzene rings is 1. The highest BCUT2D eigenvalue weighted by Crippen LogP contribution is 2.24. The summed E-state index contributed by atoms with van der Waals surface area (Å²) < 4.78 is 0. The van der Waals surface area contributed by atoms with E-state index in [1.807, 2.05) is 26.0 Å². The highest BCUT2D eigenvalue weighted by atomic mass is 16.4. The summed E-state index contributed by atoms with van der Waals surface area (Å²) in [5.74, 6) is -0.985. The van der Waals surface area contributed by atoms with E-state index in [1.165, 1.54) is 11.1 Å². The highest BCUT2D eigenvalue weighted by molar-refractivity contribution is 5.75. The molecule has 5 heteroatoms. The third kappa shape index (κ3) is 4.71. The molecule has 0 spiro atoms. The Morgan fingerprint density at radius 3 is 2.39 bits per heavy atom. The van der Waals surface area contributed by atoms with Crippen molar-refractivity contribution in [3.05, 3.63) is 34.9 Å². The van der Waals surface area contributed by atoms with E-state index in [0.717, 1.165) is 18.4 Å². The van der Waals surface area contributed by atoms with Crippen molar-refractivity contribution in [1.82, 2.24) is 10.6 Å².